The Morgan fingerprint density at radius 2 is 1.91 bits per heavy atom. The normalized spacial score (nSPS) is 33.7. The van der Waals surface area contributed by atoms with E-state index in [1.54, 1.807) is 20.3 Å². The van der Waals surface area contributed by atoms with Gasteiger partial charge < -0.3 is 14.8 Å². The minimum absolute atomic E-state index is 0.0298. The molecule has 0 radical (unpaired) electrons. The maximum atomic E-state index is 13.1. The van der Waals surface area contributed by atoms with Gasteiger partial charge >= 0.3 is 0 Å². The fourth-order valence-corrected chi connectivity index (χ4v) is 6.40. The number of amides is 1. The molecule has 0 aliphatic heterocycles. The van der Waals surface area contributed by atoms with E-state index in [4.69, 9.17) is 9.47 Å². The lowest BCUT2D eigenvalue weighted by Gasteiger charge is -2.64. The average Bonchev–Trinajstić information content (AvgIpc) is 2.95. The number of hydrogen-bond donors (Lipinski definition) is 1. The molecular formula is C18H24BrNO3. The minimum Gasteiger partial charge on any atom is -0.497 e. The number of ether oxygens (including phenoxy) is 2. The summed E-state index contributed by atoms with van der Waals surface area (Å²) in [5.74, 6) is 1.38. The fourth-order valence-electron chi connectivity index (χ4n) is 4.59. The fraction of sp³-hybridized carbons (Fsp3) is 0.611. The van der Waals surface area contributed by atoms with Gasteiger partial charge in [-0.3, -0.25) is 4.79 Å². The van der Waals surface area contributed by atoms with Gasteiger partial charge in [0.05, 0.1) is 25.3 Å². The summed E-state index contributed by atoms with van der Waals surface area (Å²) in [6.45, 7) is 6.70. The molecule has 3 fully saturated rings. The molecule has 23 heavy (non-hydrogen) atoms. The van der Waals surface area contributed by atoms with Crippen molar-refractivity contribution in [1.82, 2.24) is 0 Å². The first-order valence-corrected chi connectivity index (χ1v) is 8.84. The van der Waals surface area contributed by atoms with E-state index < -0.39 is 0 Å². The monoisotopic (exact) mass is 381 g/mol. The molecule has 4 rings (SSSR count). The number of carbonyl (C=O) groups excluding carboxylic acids is 1. The second-order valence-corrected chi connectivity index (χ2v) is 8.31. The highest BCUT2D eigenvalue weighted by Gasteiger charge is 2.80. The Bertz CT molecular complexity index is 660. The molecule has 3 aliphatic rings. The quantitative estimate of drug-likeness (QED) is 0.793. The van der Waals surface area contributed by atoms with Crippen LogP contribution >= 0.6 is 15.9 Å². The van der Waals surface area contributed by atoms with Crippen LogP contribution in [0.3, 0.4) is 0 Å². The van der Waals surface area contributed by atoms with Gasteiger partial charge in [-0.05, 0) is 35.8 Å². The lowest BCUT2D eigenvalue weighted by Crippen LogP contribution is -2.68. The van der Waals surface area contributed by atoms with E-state index >= 15 is 0 Å². The van der Waals surface area contributed by atoms with Crippen molar-refractivity contribution in [3.05, 3.63) is 18.2 Å². The average molecular weight is 382 g/mol. The maximum absolute atomic E-state index is 13.1. The van der Waals surface area contributed by atoms with E-state index in [9.17, 15) is 4.79 Å². The molecule has 0 heterocycles. The van der Waals surface area contributed by atoms with Gasteiger partial charge in [-0.25, -0.2) is 0 Å². The molecule has 3 aliphatic carbocycles. The number of carbonyl (C=O) groups is 1. The van der Waals surface area contributed by atoms with Crippen LogP contribution in [0.5, 0.6) is 11.5 Å². The van der Waals surface area contributed by atoms with Crippen molar-refractivity contribution in [2.24, 2.45) is 16.2 Å². The Hall–Kier alpha value is -1.23. The van der Waals surface area contributed by atoms with Crippen LogP contribution in [-0.2, 0) is 4.79 Å². The first kappa shape index (κ1) is 16.6. The third kappa shape index (κ3) is 1.86. The van der Waals surface area contributed by atoms with E-state index in [0.717, 1.165) is 12.8 Å². The summed E-state index contributed by atoms with van der Waals surface area (Å²) in [5, 5.41) is 3.09. The molecule has 3 saturated carbocycles. The molecule has 3 atom stereocenters. The highest BCUT2D eigenvalue weighted by atomic mass is 79.9. The number of hydrogen-bond acceptors (Lipinski definition) is 3. The summed E-state index contributed by atoms with van der Waals surface area (Å²) in [7, 11) is 3.20. The molecule has 0 spiro atoms. The van der Waals surface area contributed by atoms with Crippen LogP contribution in [-0.4, -0.2) is 25.0 Å². The highest BCUT2D eigenvalue weighted by Crippen LogP contribution is 2.79. The molecule has 0 aromatic heterocycles. The predicted octanol–water partition coefficient (Wildman–Crippen LogP) is 4.23. The lowest BCUT2D eigenvalue weighted by molar-refractivity contribution is -0.156. The number of anilines is 1. The van der Waals surface area contributed by atoms with E-state index in [2.05, 4.69) is 42.0 Å². The van der Waals surface area contributed by atoms with E-state index in [1.807, 2.05) is 12.1 Å². The maximum Gasteiger partial charge on any atom is 0.232 e. The largest absolute Gasteiger partial charge is 0.497 e. The number of nitrogens with one attached hydrogen (secondary N) is 1. The zero-order valence-electron chi connectivity index (χ0n) is 14.3. The van der Waals surface area contributed by atoms with Crippen LogP contribution in [0.25, 0.3) is 0 Å². The summed E-state index contributed by atoms with van der Waals surface area (Å²) in [4.78, 5) is 13.3. The predicted molar refractivity (Wildman–Crippen MR) is 94.4 cm³/mol. The minimum atomic E-state index is -0.368. The van der Waals surface area contributed by atoms with Gasteiger partial charge in [0.1, 0.15) is 11.5 Å². The first-order chi connectivity index (χ1) is 10.7. The molecule has 2 bridgehead atoms. The molecule has 5 heteroatoms. The Morgan fingerprint density at radius 1 is 1.22 bits per heavy atom. The van der Waals surface area contributed by atoms with Crippen molar-refractivity contribution < 1.29 is 14.3 Å². The van der Waals surface area contributed by atoms with Gasteiger partial charge in [-0.15, -0.1) is 0 Å². The van der Waals surface area contributed by atoms with Crippen molar-refractivity contribution in [1.29, 1.82) is 0 Å². The summed E-state index contributed by atoms with van der Waals surface area (Å²) in [5.41, 5.74) is 0.461. The molecule has 0 saturated heterocycles. The van der Waals surface area contributed by atoms with Gasteiger partial charge in [0.2, 0.25) is 5.91 Å². The molecule has 4 nitrogen and oxygen atoms in total. The van der Waals surface area contributed by atoms with Gasteiger partial charge in [0.15, 0.2) is 0 Å². The molecule has 3 unspecified atom stereocenters. The number of alkyl halides is 1. The molecular weight excluding hydrogens is 358 g/mol. The summed E-state index contributed by atoms with van der Waals surface area (Å²) in [6, 6.07) is 5.44. The van der Waals surface area contributed by atoms with E-state index in [-0.39, 0.29) is 27.0 Å². The number of halogens is 1. The highest BCUT2D eigenvalue weighted by molar-refractivity contribution is 9.09. The third-order valence-corrected chi connectivity index (χ3v) is 8.43. The molecule has 1 amide bonds. The summed E-state index contributed by atoms with van der Waals surface area (Å²) in [6.07, 6.45) is 1.99. The topological polar surface area (TPSA) is 47.6 Å². The Morgan fingerprint density at radius 3 is 2.39 bits per heavy atom. The lowest BCUT2D eigenvalue weighted by atomic mass is 9.43. The Labute approximate surface area is 146 Å². The Balaban J connectivity index is 1.89. The zero-order valence-corrected chi connectivity index (χ0v) is 15.9. The first-order valence-electron chi connectivity index (χ1n) is 7.92. The van der Waals surface area contributed by atoms with Crippen molar-refractivity contribution in [3.63, 3.8) is 0 Å². The Kier molecular flexibility index (Phi) is 3.71. The van der Waals surface area contributed by atoms with Crippen molar-refractivity contribution in [2.45, 2.75) is 38.4 Å². The smallest absolute Gasteiger partial charge is 0.232 e. The molecule has 1 aromatic carbocycles. The van der Waals surface area contributed by atoms with Crippen LogP contribution < -0.4 is 14.8 Å². The number of fused-ring (bicyclic) bond motifs is 1. The zero-order chi connectivity index (χ0) is 17.0. The van der Waals surface area contributed by atoms with E-state index in [1.165, 1.54) is 0 Å². The number of methoxy groups -OCH3 is 2. The van der Waals surface area contributed by atoms with Gasteiger partial charge in [0.25, 0.3) is 0 Å². The second kappa shape index (κ2) is 5.13. The number of rotatable bonds is 4. The van der Waals surface area contributed by atoms with Crippen molar-refractivity contribution in [3.8, 4) is 11.5 Å². The number of benzene rings is 1. The van der Waals surface area contributed by atoms with E-state index in [0.29, 0.717) is 17.2 Å². The van der Waals surface area contributed by atoms with Crippen LogP contribution in [0.4, 0.5) is 5.69 Å². The molecule has 126 valence electrons. The summed E-state index contributed by atoms with van der Waals surface area (Å²) >= 11 is 3.80. The van der Waals surface area contributed by atoms with Gasteiger partial charge in [-0.1, -0.05) is 36.7 Å². The third-order valence-electron chi connectivity index (χ3n) is 6.64. The molecule has 1 aromatic rings. The SMILES string of the molecule is COc1ccc(NC(=O)C23CCC(C)(C2Br)C3(C)C)c(OC)c1. The van der Waals surface area contributed by atoms with Crippen molar-refractivity contribution in [2.75, 3.05) is 19.5 Å². The van der Waals surface area contributed by atoms with Crippen LogP contribution in [0, 0.1) is 16.2 Å². The summed E-state index contributed by atoms with van der Waals surface area (Å²) < 4.78 is 10.6. The standard InChI is InChI=1S/C18H24BrNO3/c1-16(2)17(3)8-9-18(16,14(17)19)15(21)20-12-7-6-11(22-4)10-13(12)23-5/h6-7,10,14H,8-9H2,1-5H3,(H,20,21). The van der Waals surface area contributed by atoms with Gasteiger partial charge in [-0.2, -0.15) is 0 Å². The van der Waals surface area contributed by atoms with Crippen LogP contribution in [0.1, 0.15) is 33.6 Å². The van der Waals surface area contributed by atoms with Crippen molar-refractivity contribution >= 4 is 27.5 Å². The second-order valence-electron chi connectivity index (χ2n) is 7.40. The van der Waals surface area contributed by atoms with Gasteiger partial charge in [0, 0.05) is 10.9 Å². The van der Waals surface area contributed by atoms with Crippen LogP contribution in [0.15, 0.2) is 18.2 Å². The van der Waals surface area contributed by atoms with Crippen LogP contribution in [0.2, 0.25) is 0 Å². The molecule has 1 N–H and O–H groups in total.